The molecule has 1 aromatic rings. The number of allylic oxidation sites excluding steroid dienone is 3. The number of esters is 2. The fourth-order valence-electron chi connectivity index (χ4n) is 3.89. The van der Waals surface area contributed by atoms with Crippen LogP contribution in [0.25, 0.3) is 0 Å². The summed E-state index contributed by atoms with van der Waals surface area (Å²) in [6, 6.07) is 3.85. The predicted octanol–water partition coefficient (Wildman–Crippen LogP) is 5.90. The average molecular weight is 385 g/mol. The van der Waals surface area contributed by atoms with Crippen molar-refractivity contribution in [2.75, 3.05) is 0 Å². The van der Waals surface area contributed by atoms with Gasteiger partial charge in [-0.3, -0.25) is 9.59 Å². The Morgan fingerprint density at radius 2 is 1.68 bits per heavy atom. The minimum atomic E-state index is -0.383. The number of hydrogen-bond donors (Lipinski definition) is 0. The SMILES string of the molecule is C=C(C)C1CCC(C)=CC1c1c(OC(C)=O)cc(CCCC)cc1OC(C)=O. The zero-order chi connectivity index (χ0) is 20.8. The van der Waals surface area contributed by atoms with E-state index in [2.05, 4.69) is 26.5 Å². The second-order valence-corrected chi connectivity index (χ2v) is 7.83. The van der Waals surface area contributed by atoms with Crippen LogP contribution in [0.1, 0.15) is 77.3 Å². The van der Waals surface area contributed by atoms with E-state index < -0.39 is 0 Å². The third-order valence-electron chi connectivity index (χ3n) is 5.20. The lowest BCUT2D eigenvalue weighted by molar-refractivity contribution is -0.132. The molecule has 2 atom stereocenters. The lowest BCUT2D eigenvalue weighted by atomic mass is 9.73. The maximum Gasteiger partial charge on any atom is 0.308 e. The molecule has 0 amide bonds. The van der Waals surface area contributed by atoms with E-state index in [9.17, 15) is 9.59 Å². The number of ether oxygens (including phenoxy) is 2. The second kappa shape index (κ2) is 9.72. The molecule has 0 saturated heterocycles. The largest absolute Gasteiger partial charge is 0.426 e. The quantitative estimate of drug-likeness (QED) is 0.334. The van der Waals surface area contributed by atoms with Crippen LogP contribution in [0.4, 0.5) is 0 Å². The Morgan fingerprint density at radius 3 is 2.14 bits per heavy atom. The first-order valence-corrected chi connectivity index (χ1v) is 10.1. The highest BCUT2D eigenvalue weighted by molar-refractivity contribution is 5.73. The maximum absolute atomic E-state index is 11.8. The average Bonchev–Trinajstić information content (AvgIpc) is 2.58. The monoisotopic (exact) mass is 384 g/mol. The van der Waals surface area contributed by atoms with Crippen molar-refractivity contribution in [2.24, 2.45) is 5.92 Å². The summed E-state index contributed by atoms with van der Waals surface area (Å²) in [6.07, 6.45) is 7.07. The van der Waals surface area contributed by atoms with Crippen LogP contribution in [-0.2, 0) is 16.0 Å². The van der Waals surface area contributed by atoms with E-state index in [0.29, 0.717) is 11.5 Å². The van der Waals surface area contributed by atoms with E-state index in [0.717, 1.165) is 48.8 Å². The fourth-order valence-corrected chi connectivity index (χ4v) is 3.89. The van der Waals surface area contributed by atoms with Gasteiger partial charge in [0, 0.05) is 25.3 Å². The summed E-state index contributed by atoms with van der Waals surface area (Å²) in [5.41, 5.74) is 4.12. The molecular weight excluding hydrogens is 352 g/mol. The Hall–Kier alpha value is -2.36. The van der Waals surface area contributed by atoms with E-state index in [1.165, 1.54) is 19.4 Å². The Balaban J connectivity index is 2.69. The van der Waals surface area contributed by atoms with Gasteiger partial charge in [0.2, 0.25) is 0 Å². The molecule has 0 fully saturated rings. The van der Waals surface area contributed by atoms with Crippen LogP contribution >= 0.6 is 0 Å². The molecule has 0 bridgehead atoms. The smallest absolute Gasteiger partial charge is 0.308 e. The zero-order valence-corrected chi connectivity index (χ0v) is 17.8. The van der Waals surface area contributed by atoms with Gasteiger partial charge in [-0.1, -0.05) is 37.1 Å². The second-order valence-electron chi connectivity index (χ2n) is 7.83. The minimum Gasteiger partial charge on any atom is -0.426 e. The standard InChI is InChI=1S/C24H32O4/c1-7-8-9-19-13-22(27-17(5)25)24(23(14-19)28-18(6)26)21-12-16(4)10-11-20(21)15(2)3/h12-14,20-21H,2,7-11H2,1,3-6H3. The molecule has 4 nitrogen and oxygen atoms in total. The minimum absolute atomic E-state index is 0.0461. The van der Waals surface area contributed by atoms with E-state index in [1.807, 2.05) is 19.1 Å². The number of rotatable bonds is 7. The highest BCUT2D eigenvalue weighted by Gasteiger charge is 2.32. The van der Waals surface area contributed by atoms with Gasteiger partial charge < -0.3 is 9.47 Å². The Morgan fingerprint density at radius 1 is 1.11 bits per heavy atom. The van der Waals surface area contributed by atoms with Crippen LogP contribution in [0.15, 0.2) is 35.9 Å². The highest BCUT2D eigenvalue weighted by Crippen LogP contribution is 2.47. The van der Waals surface area contributed by atoms with Gasteiger partial charge in [-0.05, 0) is 63.1 Å². The fraction of sp³-hybridized carbons (Fsp3) is 0.500. The topological polar surface area (TPSA) is 52.6 Å². The van der Waals surface area contributed by atoms with Crippen LogP contribution < -0.4 is 9.47 Å². The molecular formula is C24H32O4. The molecule has 1 aromatic carbocycles. The number of benzene rings is 1. The summed E-state index contributed by atoms with van der Waals surface area (Å²) in [5.74, 6) is 0.361. The normalized spacial score (nSPS) is 19.0. The molecule has 2 unspecified atom stereocenters. The first-order chi connectivity index (χ1) is 13.2. The van der Waals surface area contributed by atoms with Crippen molar-refractivity contribution in [1.82, 2.24) is 0 Å². The van der Waals surface area contributed by atoms with Gasteiger partial charge in [-0.25, -0.2) is 0 Å². The first kappa shape index (κ1) is 21.9. The number of carbonyl (C=O) groups is 2. The third kappa shape index (κ3) is 5.57. The summed E-state index contributed by atoms with van der Waals surface area (Å²) in [7, 11) is 0. The summed E-state index contributed by atoms with van der Waals surface area (Å²) < 4.78 is 11.2. The van der Waals surface area contributed by atoms with Gasteiger partial charge in [0.05, 0.1) is 0 Å². The number of hydrogen-bond acceptors (Lipinski definition) is 4. The molecule has 0 spiro atoms. The van der Waals surface area contributed by atoms with Crippen molar-refractivity contribution in [3.63, 3.8) is 0 Å². The van der Waals surface area contributed by atoms with Crippen molar-refractivity contribution in [2.45, 2.75) is 72.6 Å². The zero-order valence-electron chi connectivity index (χ0n) is 17.8. The van der Waals surface area contributed by atoms with Gasteiger partial charge in [-0.2, -0.15) is 0 Å². The lowest BCUT2D eigenvalue weighted by Crippen LogP contribution is -2.20. The number of carbonyl (C=O) groups excluding carboxylic acids is 2. The first-order valence-electron chi connectivity index (χ1n) is 10.1. The van der Waals surface area contributed by atoms with Crippen molar-refractivity contribution in [3.05, 3.63) is 47.1 Å². The Bertz CT molecular complexity index is 751. The highest BCUT2D eigenvalue weighted by atomic mass is 16.5. The van der Waals surface area contributed by atoms with Gasteiger partial charge in [0.1, 0.15) is 11.5 Å². The molecule has 0 aliphatic heterocycles. The summed E-state index contributed by atoms with van der Waals surface area (Å²) in [4.78, 5) is 23.6. The van der Waals surface area contributed by atoms with Crippen LogP contribution in [0.2, 0.25) is 0 Å². The van der Waals surface area contributed by atoms with E-state index in [1.54, 1.807) is 0 Å². The van der Waals surface area contributed by atoms with E-state index in [4.69, 9.17) is 9.47 Å². The van der Waals surface area contributed by atoms with E-state index in [-0.39, 0.29) is 23.8 Å². The van der Waals surface area contributed by atoms with E-state index >= 15 is 0 Å². The molecule has 4 heteroatoms. The molecule has 0 aromatic heterocycles. The molecule has 28 heavy (non-hydrogen) atoms. The van der Waals surface area contributed by atoms with Gasteiger partial charge in [-0.15, -0.1) is 0 Å². The molecule has 0 radical (unpaired) electrons. The third-order valence-corrected chi connectivity index (χ3v) is 5.20. The molecule has 0 N–H and O–H groups in total. The van der Waals surface area contributed by atoms with Gasteiger partial charge in [0.25, 0.3) is 0 Å². The van der Waals surface area contributed by atoms with Crippen molar-refractivity contribution >= 4 is 11.9 Å². The van der Waals surface area contributed by atoms with Crippen molar-refractivity contribution in [1.29, 1.82) is 0 Å². The Kier molecular flexibility index (Phi) is 7.61. The van der Waals surface area contributed by atoms with Crippen molar-refractivity contribution < 1.29 is 19.1 Å². The summed E-state index contributed by atoms with van der Waals surface area (Å²) in [5, 5.41) is 0. The summed E-state index contributed by atoms with van der Waals surface area (Å²) in [6.45, 7) is 13.2. The predicted molar refractivity (Wildman–Crippen MR) is 112 cm³/mol. The van der Waals surface area contributed by atoms with Gasteiger partial charge in [0.15, 0.2) is 0 Å². The molecule has 0 heterocycles. The number of aryl methyl sites for hydroxylation is 1. The summed E-state index contributed by atoms with van der Waals surface area (Å²) >= 11 is 0. The maximum atomic E-state index is 11.8. The lowest BCUT2D eigenvalue weighted by Gasteiger charge is -2.32. The number of unbranched alkanes of at least 4 members (excludes halogenated alkanes) is 1. The van der Waals surface area contributed by atoms with Crippen LogP contribution in [-0.4, -0.2) is 11.9 Å². The van der Waals surface area contributed by atoms with Crippen LogP contribution in [0.3, 0.4) is 0 Å². The molecule has 152 valence electrons. The molecule has 1 aliphatic carbocycles. The Labute approximate surface area is 168 Å². The molecule has 0 saturated carbocycles. The van der Waals surface area contributed by atoms with Crippen LogP contribution in [0, 0.1) is 5.92 Å². The van der Waals surface area contributed by atoms with Gasteiger partial charge >= 0.3 is 11.9 Å². The van der Waals surface area contributed by atoms with Crippen LogP contribution in [0.5, 0.6) is 11.5 Å². The molecule has 1 aliphatic rings. The molecule has 2 rings (SSSR count). The van der Waals surface area contributed by atoms with Crippen molar-refractivity contribution in [3.8, 4) is 11.5 Å².